The molecular weight excluding hydrogens is 206 g/mol. The number of rotatable bonds is 7. The predicted molar refractivity (Wildman–Crippen MR) is 65.2 cm³/mol. The second-order valence-electron chi connectivity index (χ2n) is 3.84. The maximum Gasteiger partial charge on any atom is 0.306 e. The third-order valence-corrected chi connectivity index (χ3v) is 1.74. The Balaban J connectivity index is 3.49. The molecular formula is C11H23N3O2. The van der Waals surface area contributed by atoms with E-state index < -0.39 is 0 Å². The van der Waals surface area contributed by atoms with Crippen LogP contribution in [0.4, 0.5) is 0 Å². The van der Waals surface area contributed by atoms with Crippen LogP contribution >= 0.6 is 0 Å². The molecule has 5 heteroatoms. The summed E-state index contributed by atoms with van der Waals surface area (Å²) in [5.74, 6) is 0.278. The minimum Gasteiger partial charge on any atom is -0.463 e. The SMILES string of the molecule is CCCN=C(N)NCCCC(=O)OC(C)C. The molecule has 0 atom stereocenters. The van der Waals surface area contributed by atoms with Crippen LogP contribution in [0.3, 0.4) is 0 Å². The highest BCUT2D eigenvalue weighted by Gasteiger charge is 2.04. The van der Waals surface area contributed by atoms with Crippen molar-refractivity contribution in [1.29, 1.82) is 0 Å². The van der Waals surface area contributed by atoms with Crippen molar-refractivity contribution >= 4 is 11.9 Å². The number of hydrogen-bond donors (Lipinski definition) is 2. The van der Waals surface area contributed by atoms with E-state index in [2.05, 4.69) is 10.3 Å². The van der Waals surface area contributed by atoms with E-state index >= 15 is 0 Å². The van der Waals surface area contributed by atoms with Crippen molar-refractivity contribution in [2.24, 2.45) is 10.7 Å². The summed E-state index contributed by atoms with van der Waals surface area (Å²) in [6.07, 6.45) is 2.04. The van der Waals surface area contributed by atoms with Crippen LogP contribution in [0.25, 0.3) is 0 Å². The summed E-state index contributed by atoms with van der Waals surface area (Å²) in [6.45, 7) is 7.09. The first-order chi connectivity index (χ1) is 7.56. The van der Waals surface area contributed by atoms with Crippen LogP contribution in [-0.4, -0.2) is 31.1 Å². The molecule has 0 unspecified atom stereocenters. The maximum atomic E-state index is 11.2. The van der Waals surface area contributed by atoms with Gasteiger partial charge in [0.15, 0.2) is 5.96 Å². The van der Waals surface area contributed by atoms with E-state index in [1.165, 1.54) is 0 Å². The molecule has 0 amide bonds. The average molecular weight is 229 g/mol. The Morgan fingerprint density at radius 2 is 2.19 bits per heavy atom. The molecule has 94 valence electrons. The molecule has 5 nitrogen and oxygen atoms in total. The molecule has 3 N–H and O–H groups in total. The summed E-state index contributed by atoms with van der Waals surface area (Å²) in [6, 6.07) is 0. The Kier molecular flexibility index (Phi) is 8.29. The van der Waals surface area contributed by atoms with Gasteiger partial charge in [-0.15, -0.1) is 0 Å². The summed E-state index contributed by atoms with van der Waals surface area (Å²) in [5.41, 5.74) is 5.58. The van der Waals surface area contributed by atoms with Crippen molar-refractivity contribution in [1.82, 2.24) is 5.32 Å². The smallest absolute Gasteiger partial charge is 0.306 e. The molecule has 0 saturated carbocycles. The molecule has 0 aromatic carbocycles. The largest absolute Gasteiger partial charge is 0.463 e. The number of nitrogens with two attached hydrogens (primary N) is 1. The van der Waals surface area contributed by atoms with Crippen LogP contribution in [0.5, 0.6) is 0 Å². The lowest BCUT2D eigenvalue weighted by atomic mass is 10.3. The first-order valence-corrected chi connectivity index (χ1v) is 5.79. The van der Waals surface area contributed by atoms with Crippen LogP contribution in [0.2, 0.25) is 0 Å². The van der Waals surface area contributed by atoms with Gasteiger partial charge >= 0.3 is 5.97 Å². The molecule has 0 heterocycles. The van der Waals surface area contributed by atoms with Crippen molar-refractivity contribution in [3.63, 3.8) is 0 Å². The molecule has 0 saturated heterocycles. The number of carbonyl (C=O) groups is 1. The molecule has 0 rings (SSSR count). The topological polar surface area (TPSA) is 76.7 Å². The maximum absolute atomic E-state index is 11.2. The lowest BCUT2D eigenvalue weighted by Crippen LogP contribution is -2.32. The van der Waals surface area contributed by atoms with E-state index in [0.717, 1.165) is 13.0 Å². The predicted octanol–water partition coefficient (Wildman–Crippen LogP) is 1.03. The van der Waals surface area contributed by atoms with Gasteiger partial charge in [0.1, 0.15) is 0 Å². The summed E-state index contributed by atoms with van der Waals surface area (Å²) in [7, 11) is 0. The summed E-state index contributed by atoms with van der Waals surface area (Å²) >= 11 is 0. The van der Waals surface area contributed by atoms with Gasteiger partial charge in [-0.2, -0.15) is 0 Å². The highest BCUT2D eigenvalue weighted by atomic mass is 16.5. The highest BCUT2D eigenvalue weighted by Crippen LogP contribution is 1.95. The van der Waals surface area contributed by atoms with Crippen molar-refractivity contribution < 1.29 is 9.53 Å². The van der Waals surface area contributed by atoms with Crippen molar-refractivity contribution in [3.8, 4) is 0 Å². The number of guanidine groups is 1. The van der Waals surface area contributed by atoms with Crippen LogP contribution in [-0.2, 0) is 9.53 Å². The van der Waals surface area contributed by atoms with Crippen LogP contribution in [0.15, 0.2) is 4.99 Å². The fourth-order valence-corrected chi connectivity index (χ4v) is 1.06. The second-order valence-corrected chi connectivity index (χ2v) is 3.84. The molecule has 0 aromatic rings. The standard InChI is InChI=1S/C11H23N3O2/c1-4-7-13-11(12)14-8-5-6-10(15)16-9(2)3/h9H,4-8H2,1-3H3,(H3,12,13,14). The van der Waals surface area contributed by atoms with E-state index in [1.54, 1.807) is 0 Å². The summed E-state index contributed by atoms with van der Waals surface area (Å²) in [4.78, 5) is 15.2. The van der Waals surface area contributed by atoms with Gasteiger partial charge in [-0.05, 0) is 26.7 Å². The third kappa shape index (κ3) is 9.30. The zero-order chi connectivity index (χ0) is 12.4. The van der Waals surface area contributed by atoms with Gasteiger partial charge in [0.05, 0.1) is 6.10 Å². The van der Waals surface area contributed by atoms with E-state index in [4.69, 9.17) is 10.5 Å². The quantitative estimate of drug-likeness (QED) is 0.296. The molecule has 0 aliphatic carbocycles. The van der Waals surface area contributed by atoms with E-state index in [0.29, 0.717) is 25.3 Å². The minimum absolute atomic E-state index is 0.0448. The summed E-state index contributed by atoms with van der Waals surface area (Å²) < 4.78 is 4.99. The molecule has 0 bridgehead atoms. The fraction of sp³-hybridized carbons (Fsp3) is 0.818. The summed E-state index contributed by atoms with van der Waals surface area (Å²) in [5, 5.41) is 2.95. The van der Waals surface area contributed by atoms with Gasteiger partial charge in [-0.3, -0.25) is 9.79 Å². The van der Waals surface area contributed by atoms with Gasteiger partial charge in [-0.25, -0.2) is 0 Å². The Morgan fingerprint density at radius 3 is 2.75 bits per heavy atom. The number of carbonyl (C=O) groups excluding carboxylic acids is 1. The number of hydrogen-bond acceptors (Lipinski definition) is 3. The lowest BCUT2D eigenvalue weighted by Gasteiger charge is -2.08. The zero-order valence-corrected chi connectivity index (χ0v) is 10.5. The Morgan fingerprint density at radius 1 is 1.50 bits per heavy atom. The van der Waals surface area contributed by atoms with Gasteiger partial charge in [-0.1, -0.05) is 6.92 Å². The number of aliphatic imine (C=N–C) groups is 1. The Hall–Kier alpha value is -1.26. The average Bonchev–Trinajstić information content (AvgIpc) is 2.20. The first-order valence-electron chi connectivity index (χ1n) is 5.79. The molecule has 0 aliphatic heterocycles. The van der Waals surface area contributed by atoms with E-state index in [-0.39, 0.29) is 12.1 Å². The van der Waals surface area contributed by atoms with Gasteiger partial charge < -0.3 is 15.8 Å². The zero-order valence-electron chi connectivity index (χ0n) is 10.5. The normalized spacial score (nSPS) is 11.6. The molecule has 0 aliphatic rings. The monoisotopic (exact) mass is 229 g/mol. The number of nitrogens with zero attached hydrogens (tertiary/aromatic N) is 1. The van der Waals surface area contributed by atoms with Crippen molar-refractivity contribution in [2.75, 3.05) is 13.1 Å². The Labute approximate surface area is 97.4 Å². The van der Waals surface area contributed by atoms with E-state index in [9.17, 15) is 4.79 Å². The second kappa shape index (κ2) is 9.00. The van der Waals surface area contributed by atoms with E-state index in [1.807, 2.05) is 20.8 Å². The Bertz CT molecular complexity index is 227. The number of ether oxygens (including phenoxy) is 1. The number of nitrogens with one attached hydrogen (secondary N) is 1. The van der Waals surface area contributed by atoms with Crippen molar-refractivity contribution in [3.05, 3.63) is 0 Å². The van der Waals surface area contributed by atoms with Crippen molar-refractivity contribution in [2.45, 2.75) is 46.1 Å². The van der Waals surface area contributed by atoms with Gasteiger partial charge in [0.25, 0.3) is 0 Å². The third-order valence-electron chi connectivity index (χ3n) is 1.74. The minimum atomic E-state index is -0.166. The van der Waals surface area contributed by atoms with Gasteiger partial charge in [0.2, 0.25) is 0 Å². The fourth-order valence-electron chi connectivity index (χ4n) is 1.06. The van der Waals surface area contributed by atoms with Crippen LogP contribution < -0.4 is 11.1 Å². The molecule has 0 radical (unpaired) electrons. The number of esters is 1. The first kappa shape index (κ1) is 14.7. The lowest BCUT2D eigenvalue weighted by molar-refractivity contribution is -0.147. The molecule has 0 aromatic heterocycles. The van der Waals surface area contributed by atoms with Crippen LogP contribution in [0.1, 0.15) is 40.0 Å². The van der Waals surface area contributed by atoms with Crippen LogP contribution in [0, 0.1) is 0 Å². The molecule has 0 spiro atoms. The van der Waals surface area contributed by atoms with Gasteiger partial charge in [0, 0.05) is 19.5 Å². The highest BCUT2D eigenvalue weighted by molar-refractivity contribution is 5.77. The molecule has 16 heavy (non-hydrogen) atoms. The molecule has 0 fully saturated rings.